The van der Waals surface area contributed by atoms with Gasteiger partial charge >= 0.3 is 5.97 Å². The number of para-hydroxylation sites is 1. The van der Waals surface area contributed by atoms with Crippen molar-refractivity contribution >= 4 is 45.9 Å². The highest BCUT2D eigenvalue weighted by Gasteiger charge is 2.19. The van der Waals surface area contributed by atoms with Crippen molar-refractivity contribution in [3.63, 3.8) is 0 Å². The molecule has 2 heterocycles. The van der Waals surface area contributed by atoms with Gasteiger partial charge in [0.2, 0.25) is 0 Å². The summed E-state index contributed by atoms with van der Waals surface area (Å²) < 4.78 is 4.90. The lowest BCUT2D eigenvalue weighted by Crippen LogP contribution is -2.26. The molecule has 2 aromatic heterocycles. The van der Waals surface area contributed by atoms with E-state index in [9.17, 15) is 9.59 Å². The maximum atomic E-state index is 12.7. The molecule has 1 atom stereocenters. The number of rotatable bonds is 8. The minimum atomic E-state index is -0.464. The van der Waals surface area contributed by atoms with Gasteiger partial charge < -0.3 is 20.3 Å². The number of carbonyl (C=O) groups is 2. The van der Waals surface area contributed by atoms with Gasteiger partial charge in [-0.25, -0.2) is 19.7 Å². The molecule has 1 amide bonds. The van der Waals surface area contributed by atoms with Crippen LogP contribution in [-0.2, 0) is 4.74 Å². The fraction of sp³-hybridized carbons (Fsp3) is 0.192. The predicted octanol–water partition coefficient (Wildman–Crippen LogP) is 4.43. The van der Waals surface area contributed by atoms with Crippen LogP contribution in [0.4, 0.5) is 11.5 Å². The molecule has 36 heavy (non-hydrogen) atoms. The van der Waals surface area contributed by atoms with E-state index in [1.54, 1.807) is 18.2 Å². The molecule has 0 aliphatic rings. The Morgan fingerprint density at radius 1 is 1.06 bits per heavy atom. The molecule has 0 radical (unpaired) electrons. The van der Waals surface area contributed by atoms with E-state index in [2.05, 4.69) is 25.6 Å². The first kappa shape index (κ1) is 25.0. The van der Waals surface area contributed by atoms with Gasteiger partial charge in [0.05, 0.1) is 24.2 Å². The topological polar surface area (TPSA) is 109 Å². The van der Waals surface area contributed by atoms with Crippen LogP contribution in [0.1, 0.15) is 32.3 Å². The van der Waals surface area contributed by atoms with E-state index in [-0.39, 0.29) is 17.1 Å². The molecule has 0 aliphatic heterocycles. The fourth-order valence-electron chi connectivity index (χ4n) is 3.82. The number of anilines is 2. The lowest BCUT2D eigenvalue weighted by molar-refractivity contribution is 0.0602. The number of hydrogen-bond acceptors (Lipinski definition) is 8. The number of ether oxygens (including phenoxy) is 1. The summed E-state index contributed by atoms with van der Waals surface area (Å²) in [5.41, 5.74) is 2.85. The van der Waals surface area contributed by atoms with Crippen LogP contribution < -0.4 is 10.6 Å². The molecule has 9 nitrogen and oxygen atoms in total. The van der Waals surface area contributed by atoms with Gasteiger partial charge in [-0.05, 0) is 56.1 Å². The average Bonchev–Trinajstić information content (AvgIpc) is 2.87. The summed E-state index contributed by atoms with van der Waals surface area (Å²) in [6.45, 7) is 0.638. The Bertz CT molecular complexity index is 1410. The minimum Gasteiger partial charge on any atom is -0.465 e. The second-order valence-electron chi connectivity index (χ2n) is 8.32. The van der Waals surface area contributed by atoms with Gasteiger partial charge in [-0.2, -0.15) is 0 Å². The van der Waals surface area contributed by atoms with Crippen LogP contribution in [0.3, 0.4) is 0 Å². The highest BCUT2D eigenvalue weighted by Crippen LogP contribution is 2.28. The van der Waals surface area contributed by atoms with Crippen LogP contribution in [0.2, 0.25) is 5.15 Å². The molecule has 184 valence electrons. The summed E-state index contributed by atoms with van der Waals surface area (Å²) in [5.74, 6) is -0.168. The molecule has 4 aromatic rings. The molecule has 4 rings (SSSR count). The molecule has 10 heteroatoms. The van der Waals surface area contributed by atoms with Crippen LogP contribution in [0.25, 0.3) is 10.9 Å². The van der Waals surface area contributed by atoms with E-state index in [0.29, 0.717) is 40.1 Å². The second kappa shape index (κ2) is 11.1. The van der Waals surface area contributed by atoms with Crippen molar-refractivity contribution in [1.82, 2.24) is 19.9 Å². The first-order valence-corrected chi connectivity index (χ1v) is 11.5. The number of hydrogen-bond donors (Lipinski definition) is 2. The first-order chi connectivity index (χ1) is 17.4. The highest BCUT2D eigenvalue weighted by molar-refractivity contribution is 6.29. The molecular weight excluding hydrogens is 480 g/mol. The molecule has 0 saturated carbocycles. The summed E-state index contributed by atoms with van der Waals surface area (Å²) in [7, 11) is 5.28. The number of nitrogens with one attached hydrogen (secondary N) is 2. The number of esters is 1. The third-order valence-corrected chi connectivity index (χ3v) is 5.67. The SMILES string of the molecule is COC(=O)c1cccc2c(NC(CN(C)C)c3cccc(NC(=O)c4ccnc(Cl)c4)c3)ncnc12. The maximum absolute atomic E-state index is 12.7. The maximum Gasteiger partial charge on any atom is 0.340 e. The Balaban J connectivity index is 1.64. The van der Waals surface area contributed by atoms with E-state index in [1.165, 1.54) is 25.7 Å². The lowest BCUT2D eigenvalue weighted by Gasteiger charge is -2.24. The monoisotopic (exact) mass is 504 g/mol. The summed E-state index contributed by atoms with van der Waals surface area (Å²) in [5, 5.41) is 7.35. The molecule has 2 aromatic carbocycles. The minimum absolute atomic E-state index is 0.188. The summed E-state index contributed by atoms with van der Waals surface area (Å²) in [4.78, 5) is 39.6. The van der Waals surface area contributed by atoms with Gasteiger partial charge in [0.1, 0.15) is 17.3 Å². The third kappa shape index (κ3) is 5.76. The predicted molar refractivity (Wildman–Crippen MR) is 139 cm³/mol. The Labute approximate surface area is 213 Å². The molecule has 2 N–H and O–H groups in total. The molecular formula is C26H25ClN6O3. The number of amides is 1. The zero-order valence-electron chi connectivity index (χ0n) is 20.0. The van der Waals surface area contributed by atoms with Gasteiger partial charge in [0.25, 0.3) is 5.91 Å². The molecule has 0 spiro atoms. The fourth-order valence-corrected chi connectivity index (χ4v) is 4.00. The Morgan fingerprint density at radius 3 is 2.61 bits per heavy atom. The number of halogens is 1. The normalized spacial score (nSPS) is 11.8. The van der Waals surface area contributed by atoms with Crippen molar-refractivity contribution in [3.8, 4) is 0 Å². The average molecular weight is 505 g/mol. The van der Waals surface area contributed by atoms with Gasteiger partial charge in [-0.15, -0.1) is 0 Å². The van der Waals surface area contributed by atoms with E-state index in [0.717, 1.165) is 5.56 Å². The van der Waals surface area contributed by atoms with Crippen molar-refractivity contribution < 1.29 is 14.3 Å². The summed E-state index contributed by atoms with van der Waals surface area (Å²) >= 11 is 5.92. The summed E-state index contributed by atoms with van der Waals surface area (Å²) in [6, 6.07) is 15.8. The Hall–Kier alpha value is -4.08. The quantitative estimate of drug-likeness (QED) is 0.268. The third-order valence-electron chi connectivity index (χ3n) is 5.46. The Morgan fingerprint density at radius 2 is 1.86 bits per heavy atom. The molecule has 0 fully saturated rings. The van der Waals surface area contributed by atoms with Gasteiger partial charge in [-0.3, -0.25) is 4.79 Å². The summed E-state index contributed by atoms with van der Waals surface area (Å²) in [6.07, 6.45) is 2.91. The molecule has 1 unspecified atom stereocenters. The number of pyridine rings is 1. The van der Waals surface area contributed by atoms with Crippen LogP contribution in [0.5, 0.6) is 0 Å². The number of methoxy groups -OCH3 is 1. The van der Waals surface area contributed by atoms with Crippen LogP contribution in [0.15, 0.2) is 67.1 Å². The number of benzene rings is 2. The Kier molecular flexibility index (Phi) is 7.72. The zero-order valence-corrected chi connectivity index (χ0v) is 20.8. The van der Waals surface area contributed by atoms with Crippen LogP contribution >= 0.6 is 11.6 Å². The van der Waals surface area contributed by atoms with Gasteiger partial charge in [0, 0.05) is 29.4 Å². The number of carbonyl (C=O) groups excluding carboxylic acids is 2. The standard InChI is InChI=1S/C26H25ClN6O3/c1-33(2)14-21(32-24-19-8-5-9-20(26(35)36-3)23(19)29-15-30-24)16-6-4-7-18(12-16)31-25(34)17-10-11-28-22(27)13-17/h4-13,15,21H,14H2,1-3H3,(H,31,34)(H,29,30,32). The second-order valence-corrected chi connectivity index (χ2v) is 8.71. The van der Waals surface area contributed by atoms with Gasteiger partial charge in [0.15, 0.2) is 0 Å². The van der Waals surface area contributed by atoms with Crippen LogP contribution in [0, 0.1) is 0 Å². The highest BCUT2D eigenvalue weighted by atomic mass is 35.5. The smallest absolute Gasteiger partial charge is 0.340 e. The number of likely N-dealkylation sites (N-methyl/N-ethyl adjacent to an activating group) is 1. The zero-order chi connectivity index (χ0) is 25.7. The van der Waals surface area contributed by atoms with E-state index < -0.39 is 5.97 Å². The molecule has 0 saturated heterocycles. The van der Waals surface area contributed by atoms with E-state index in [1.807, 2.05) is 49.3 Å². The molecule has 0 aliphatic carbocycles. The van der Waals surface area contributed by atoms with Crippen molar-refractivity contribution in [1.29, 1.82) is 0 Å². The number of nitrogens with zero attached hydrogens (tertiary/aromatic N) is 4. The van der Waals surface area contributed by atoms with E-state index in [4.69, 9.17) is 16.3 Å². The molecule has 0 bridgehead atoms. The van der Waals surface area contributed by atoms with E-state index >= 15 is 0 Å². The van der Waals surface area contributed by atoms with Crippen molar-refractivity contribution in [2.75, 3.05) is 38.4 Å². The van der Waals surface area contributed by atoms with Crippen molar-refractivity contribution in [2.24, 2.45) is 0 Å². The lowest BCUT2D eigenvalue weighted by atomic mass is 10.0. The van der Waals surface area contributed by atoms with Crippen LogP contribution in [-0.4, -0.2) is 59.5 Å². The van der Waals surface area contributed by atoms with Gasteiger partial charge in [-0.1, -0.05) is 29.8 Å². The largest absolute Gasteiger partial charge is 0.465 e. The first-order valence-electron chi connectivity index (χ1n) is 11.1. The van der Waals surface area contributed by atoms with Crippen molar-refractivity contribution in [3.05, 3.63) is 89.0 Å². The number of aromatic nitrogens is 3. The van der Waals surface area contributed by atoms with Crippen molar-refractivity contribution in [2.45, 2.75) is 6.04 Å². The number of fused-ring (bicyclic) bond motifs is 1.